The van der Waals surface area contributed by atoms with Crippen molar-refractivity contribution in [3.05, 3.63) is 42.7 Å². The Morgan fingerprint density at radius 2 is 2.06 bits per heavy atom. The van der Waals surface area contributed by atoms with Gasteiger partial charge in [-0.2, -0.15) is 5.10 Å². The molecule has 3 aromatic rings. The lowest BCUT2D eigenvalue weighted by Crippen LogP contribution is -2.04. The maximum Gasteiger partial charge on any atom is 0.169 e. The van der Waals surface area contributed by atoms with Gasteiger partial charge in [0.1, 0.15) is 18.5 Å². The molecule has 0 aliphatic heterocycles. The van der Waals surface area contributed by atoms with Gasteiger partial charge in [-0.25, -0.2) is 15.0 Å². The van der Waals surface area contributed by atoms with E-state index in [-0.39, 0.29) is 0 Å². The molecule has 2 aromatic heterocycles. The zero-order valence-corrected chi connectivity index (χ0v) is 9.91. The average molecular weight is 240 g/mol. The molecule has 0 atom stereocenters. The topological polar surface area (TPSA) is 68.5 Å². The van der Waals surface area contributed by atoms with Gasteiger partial charge in [0.15, 0.2) is 5.82 Å². The minimum absolute atomic E-state index is 0.543. The lowest BCUT2D eigenvalue weighted by molar-refractivity contribution is 0.747. The Morgan fingerprint density at radius 1 is 1.17 bits per heavy atom. The van der Waals surface area contributed by atoms with E-state index in [1.165, 1.54) is 0 Å². The number of nitrogens with one attached hydrogen (secondary N) is 1. The average Bonchev–Trinajstić information content (AvgIpc) is 2.82. The summed E-state index contributed by atoms with van der Waals surface area (Å²) in [5.41, 5.74) is 0.920. The number of rotatable bonds is 3. The van der Waals surface area contributed by atoms with Crippen molar-refractivity contribution in [1.29, 1.82) is 0 Å². The van der Waals surface area contributed by atoms with E-state index in [9.17, 15) is 0 Å². The van der Waals surface area contributed by atoms with E-state index in [1.54, 1.807) is 17.3 Å². The van der Waals surface area contributed by atoms with Crippen molar-refractivity contribution >= 4 is 16.7 Å². The molecule has 1 N–H and O–H groups in total. The largest absolute Gasteiger partial charge is 0.362 e. The summed E-state index contributed by atoms with van der Waals surface area (Å²) in [6.07, 6.45) is 3.23. The van der Waals surface area contributed by atoms with Gasteiger partial charge in [-0.05, 0) is 12.1 Å². The molecule has 0 fully saturated rings. The van der Waals surface area contributed by atoms with Crippen molar-refractivity contribution in [3.63, 3.8) is 0 Å². The maximum absolute atomic E-state index is 4.24. The van der Waals surface area contributed by atoms with Gasteiger partial charge < -0.3 is 5.32 Å². The molecule has 0 radical (unpaired) electrons. The van der Waals surface area contributed by atoms with Gasteiger partial charge in [0, 0.05) is 12.4 Å². The van der Waals surface area contributed by atoms with Crippen molar-refractivity contribution in [1.82, 2.24) is 24.7 Å². The van der Waals surface area contributed by atoms with Crippen LogP contribution in [0.25, 0.3) is 10.9 Å². The minimum atomic E-state index is 0.543. The highest BCUT2D eigenvalue weighted by Gasteiger charge is 2.04. The first kappa shape index (κ1) is 10.6. The first-order valence-corrected chi connectivity index (χ1v) is 5.61. The van der Waals surface area contributed by atoms with Crippen LogP contribution in [0.5, 0.6) is 0 Å². The summed E-state index contributed by atoms with van der Waals surface area (Å²) in [6, 6.07) is 7.88. The molecule has 0 amide bonds. The van der Waals surface area contributed by atoms with Gasteiger partial charge in [-0.15, -0.1) is 0 Å². The number of aryl methyl sites for hydroxylation is 1. The van der Waals surface area contributed by atoms with Crippen LogP contribution < -0.4 is 5.32 Å². The minimum Gasteiger partial charge on any atom is -0.362 e. The van der Waals surface area contributed by atoms with Crippen molar-refractivity contribution < 1.29 is 0 Å². The zero-order chi connectivity index (χ0) is 12.4. The monoisotopic (exact) mass is 240 g/mol. The van der Waals surface area contributed by atoms with E-state index in [2.05, 4.69) is 25.4 Å². The number of hydrogen-bond donors (Lipinski definition) is 1. The molecule has 6 heteroatoms. The van der Waals surface area contributed by atoms with E-state index in [4.69, 9.17) is 0 Å². The number of para-hydroxylation sites is 1. The van der Waals surface area contributed by atoms with Crippen molar-refractivity contribution in [2.45, 2.75) is 6.54 Å². The Labute approximate surface area is 104 Å². The molecule has 1 aromatic carbocycles. The molecular formula is C12H12N6. The van der Waals surface area contributed by atoms with E-state index >= 15 is 0 Å². The van der Waals surface area contributed by atoms with E-state index in [0.29, 0.717) is 6.54 Å². The molecule has 0 spiro atoms. The molecule has 0 bridgehead atoms. The highest BCUT2D eigenvalue weighted by Crippen LogP contribution is 2.18. The molecule has 0 saturated carbocycles. The van der Waals surface area contributed by atoms with E-state index < -0.39 is 0 Å². The van der Waals surface area contributed by atoms with Crippen LogP contribution in [0.2, 0.25) is 0 Å². The van der Waals surface area contributed by atoms with Crippen LogP contribution in [0, 0.1) is 0 Å². The van der Waals surface area contributed by atoms with E-state index in [1.807, 2.05) is 31.3 Å². The van der Waals surface area contributed by atoms with Gasteiger partial charge in [-0.1, -0.05) is 12.1 Å². The predicted molar refractivity (Wildman–Crippen MR) is 67.9 cm³/mol. The van der Waals surface area contributed by atoms with Gasteiger partial charge in [0.05, 0.1) is 12.1 Å². The van der Waals surface area contributed by atoms with Crippen LogP contribution in [0.4, 0.5) is 5.82 Å². The molecule has 0 aliphatic carbocycles. The number of benzene rings is 1. The van der Waals surface area contributed by atoms with Crippen LogP contribution in [-0.2, 0) is 13.6 Å². The fourth-order valence-electron chi connectivity index (χ4n) is 1.77. The fraction of sp³-hybridized carbons (Fsp3) is 0.167. The molecule has 6 nitrogen and oxygen atoms in total. The first-order valence-electron chi connectivity index (χ1n) is 5.61. The second-order valence-electron chi connectivity index (χ2n) is 3.93. The Balaban J connectivity index is 1.86. The molecule has 0 saturated heterocycles. The van der Waals surface area contributed by atoms with Gasteiger partial charge >= 0.3 is 0 Å². The Morgan fingerprint density at radius 3 is 2.89 bits per heavy atom. The molecule has 2 heterocycles. The molecule has 0 aliphatic rings. The Kier molecular flexibility index (Phi) is 2.60. The quantitative estimate of drug-likeness (QED) is 0.748. The van der Waals surface area contributed by atoms with E-state index in [0.717, 1.165) is 22.5 Å². The smallest absolute Gasteiger partial charge is 0.169 e. The van der Waals surface area contributed by atoms with Crippen LogP contribution in [0.1, 0.15) is 5.82 Å². The van der Waals surface area contributed by atoms with Crippen molar-refractivity contribution in [3.8, 4) is 0 Å². The van der Waals surface area contributed by atoms with Gasteiger partial charge in [0.2, 0.25) is 0 Å². The van der Waals surface area contributed by atoms with Crippen molar-refractivity contribution in [2.24, 2.45) is 7.05 Å². The lowest BCUT2D eigenvalue weighted by atomic mass is 10.2. The SMILES string of the molecule is Cn1cnc(CNc2ncnc3ccccc23)n1. The molecule has 0 unspecified atom stereocenters. The lowest BCUT2D eigenvalue weighted by Gasteiger charge is -2.05. The zero-order valence-electron chi connectivity index (χ0n) is 9.91. The fourth-order valence-corrected chi connectivity index (χ4v) is 1.77. The summed E-state index contributed by atoms with van der Waals surface area (Å²) >= 11 is 0. The third-order valence-corrected chi connectivity index (χ3v) is 2.60. The van der Waals surface area contributed by atoms with Gasteiger partial charge in [0.25, 0.3) is 0 Å². The number of nitrogens with zero attached hydrogens (tertiary/aromatic N) is 5. The highest BCUT2D eigenvalue weighted by molar-refractivity contribution is 5.88. The third-order valence-electron chi connectivity index (χ3n) is 2.60. The molecular weight excluding hydrogens is 228 g/mol. The Bertz CT molecular complexity index is 670. The maximum atomic E-state index is 4.24. The normalized spacial score (nSPS) is 10.7. The molecule has 3 rings (SSSR count). The number of fused-ring (bicyclic) bond motifs is 1. The number of anilines is 1. The summed E-state index contributed by atoms with van der Waals surface area (Å²) in [7, 11) is 1.84. The Hall–Kier alpha value is -2.50. The van der Waals surface area contributed by atoms with Gasteiger partial charge in [-0.3, -0.25) is 4.68 Å². The molecule has 90 valence electrons. The van der Waals surface area contributed by atoms with Crippen LogP contribution in [0.3, 0.4) is 0 Å². The second kappa shape index (κ2) is 4.40. The summed E-state index contributed by atoms with van der Waals surface area (Å²) in [4.78, 5) is 12.6. The van der Waals surface area contributed by atoms with Crippen molar-refractivity contribution in [2.75, 3.05) is 5.32 Å². The standard InChI is InChI=1S/C12H12N6/c1-18-8-16-11(17-18)6-13-12-9-4-2-3-5-10(9)14-7-15-12/h2-5,7-8H,6H2,1H3,(H,13,14,15). The van der Waals surface area contributed by atoms with Crippen LogP contribution >= 0.6 is 0 Å². The summed E-state index contributed by atoms with van der Waals surface area (Å²) in [6.45, 7) is 0.543. The third kappa shape index (κ3) is 2.00. The summed E-state index contributed by atoms with van der Waals surface area (Å²) < 4.78 is 1.68. The predicted octanol–water partition coefficient (Wildman–Crippen LogP) is 1.37. The number of aromatic nitrogens is 5. The summed E-state index contributed by atoms with van der Waals surface area (Å²) in [5.74, 6) is 1.54. The second-order valence-corrected chi connectivity index (χ2v) is 3.93. The first-order chi connectivity index (χ1) is 8.83. The van der Waals surface area contributed by atoms with Crippen LogP contribution in [-0.4, -0.2) is 24.7 Å². The molecule has 18 heavy (non-hydrogen) atoms. The number of hydrogen-bond acceptors (Lipinski definition) is 5. The van der Waals surface area contributed by atoms with Crippen LogP contribution in [0.15, 0.2) is 36.9 Å². The highest BCUT2D eigenvalue weighted by atomic mass is 15.3. The summed E-state index contributed by atoms with van der Waals surface area (Å²) in [5, 5.41) is 8.43.